The molecule has 11 heteroatoms. The van der Waals surface area contributed by atoms with Crippen molar-refractivity contribution in [2.45, 2.75) is 4.90 Å². The van der Waals surface area contributed by atoms with E-state index < -0.39 is 34.2 Å². The highest BCUT2D eigenvalue weighted by atomic mass is 32.2. The first-order chi connectivity index (χ1) is 17.3. The Bertz CT molecular complexity index is 1300. The first-order valence-electron chi connectivity index (χ1n) is 10.8. The number of carbonyl (C=O) groups is 2. The van der Waals surface area contributed by atoms with Gasteiger partial charge in [0.1, 0.15) is 18.1 Å². The SMILES string of the molecule is COCCNC(=O)c1ccccc1NC(=O)CN(c1ccc(F)cc1)S(=O)(=O)c1ccc(OC)cc1. The van der Waals surface area contributed by atoms with Crippen molar-refractivity contribution in [3.8, 4) is 5.75 Å². The molecule has 3 aromatic carbocycles. The van der Waals surface area contributed by atoms with Gasteiger partial charge in [-0.2, -0.15) is 0 Å². The van der Waals surface area contributed by atoms with Crippen molar-refractivity contribution < 1.29 is 31.9 Å². The van der Waals surface area contributed by atoms with Crippen molar-refractivity contribution in [1.82, 2.24) is 5.32 Å². The molecule has 0 saturated heterocycles. The van der Waals surface area contributed by atoms with Crippen LogP contribution in [0.5, 0.6) is 5.75 Å². The van der Waals surface area contributed by atoms with Crippen LogP contribution in [0, 0.1) is 5.82 Å². The van der Waals surface area contributed by atoms with Gasteiger partial charge in [-0.1, -0.05) is 12.1 Å². The summed E-state index contributed by atoms with van der Waals surface area (Å²) in [6, 6.07) is 16.7. The number of anilines is 2. The average molecular weight is 516 g/mol. The van der Waals surface area contributed by atoms with Crippen molar-refractivity contribution in [2.75, 3.05) is 43.5 Å². The Hall–Kier alpha value is -3.96. The molecular formula is C25H26FN3O6S. The minimum absolute atomic E-state index is 0.0849. The summed E-state index contributed by atoms with van der Waals surface area (Å²) >= 11 is 0. The first kappa shape index (κ1) is 26.6. The van der Waals surface area contributed by atoms with Crippen molar-refractivity contribution >= 4 is 33.2 Å². The number of hydrogen-bond donors (Lipinski definition) is 2. The van der Waals surface area contributed by atoms with Crippen LogP contribution in [-0.2, 0) is 19.6 Å². The third-order valence-electron chi connectivity index (χ3n) is 5.09. The minimum atomic E-state index is -4.22. The highest BCUT2D eigenvalue weighted by molar-refractivity contribution is 7.92. The van der Waals surface area contributed by atoms with Crippen molar-refractivity contribution in [2.24, 2.45) is 0 Å². The van der Waals surface area contributed by atoms with Gasteiger partial charge in [0, 0.05) is 13.7 Å². The molecule has 0 heterocycles. The number of amides is 2. The Kier molecular flexibility index (Phi) is 8.98. The smallest absolute Gasteiger partial charge is 0.264 e. The van der Waals surface area contributed by atoms with Gasteiger partial charge in [-0.25, -0.2) is 12.8 Å². The molecule has 2 N–H and O–H groups in total. The van der Waals surface area contributed by atoms with Crippen molar-refractivity contribution in [1.29, 1.82) is 0 Å². The van der Waals surface area contributed by atoms with E-state index in [1.165, 1.54) is 62.8 Å². The molecule has 0 spiro atoms. The van der Waals surface area contributed by atoms with E-state index in [0.717, 1.165) is 16.4 Å². The molecule has 0 atom stereocenters. The number of sulfonamides is 1. The maximum atomic E-state index is 13.5. The standard InChI is InChI=1S/C25H26FN3O6S/c1-34-16-15-27-25(31)22-5-3-4-6-23(22)28-24(30)17-29(19-9-7-18(26)8-10-19)36(32,33)21-13-11-20(35-2)12-14-21/h3-14H,15-17H2,1-2H3,(H,27,31)(H,28,30). The molecule has 0 radical (unpaired) electrons. The second-order valence-corrected chi connectivity index (χ2v) is 9.37. The van der Waals surface area contributed by atoms with Crippen molar-refractivity contribution in [3.63, 3.8) is 0 Å². The van der Waals surface area contributed by atoms with Crippen molar-refractivity contribution in [3.05, 3.63) is 84.2 Å². The summed E-state index contributed by atoms with van der Waals surface area (Å²) in [5.74, 6) is -1.23. The van der Waals surface area contributed by atoms with E-state index in [1.807, 2.05) is 0 Å². The highest BCUT2D eigenvalue weighted by Gasteiger charge is 2.28. The quantitative estimate of drug-likeness (QED) is 0.380. The predicted molar refractivity (Wildman–Crippen MR) is 133 cm³/mol. The van der Waals surface area contributed by atoms with Crippen LogP contribution in [-0.4, -0.2) is 54.1 Å². The van der Waals surface area contributed by atoms with Crippen LogP contribution in [0.15, 0.2) is 77.7 Å². The zero-order chi connectivity index (χ0) is 26.1. The van der Waals surface area contributed by atoms with Crippen LogP contribution in [0.2, 0.25) is 0 Å². The summed E-state index contributed by atoms with van der Waals surface area (Å²) < 4.78 is 51.3. The Labute approximate surface area is 208 Å². The number of ether oxygens (including phenoxy) is 2. The Morgan fingerprint density at radius 2 is 1.61 bits per heavy atom. The van der Waals surface area contributed by atoms with Crippen LogP contribution in [0.1, 0.15) is 10.4 Å². The van der Waals surface area contributed by atoms with Crippen LogP contribution in [0.25, 0.3) is 0 Å². The molecule has 0 fully saturated rings. The highest BCUT2D eigenvalue weighted by Crippen LogP contribution is 2.26. The summed E-state index contributed by atoms with van der Waals surface area (Å²) in [4.78, 5) is 25.5. The lowest BCUT2D eigenvalue weighted by molar-refractivity contribution is -0.114. The zero-order valence-corrected chi connectivity index (χ0v) is 20.5. The van der Waals surface area contributed by atoms with Crippen LogP contribution in [0.3, 0.4) is 0 Å². The molecule has 0 aromatic heterocycles. The summed E-state index contributed by atoms with van der Waals surface area (Å²) in [5.41, 5.74) is 0.500. The lowest BCUT2D eigenvalue weighted by Gasteiger charge is -2.24. The average Bonchev–Trinajstić information content (AvgIpc) is 2.88. The van der Waals surface area contributed by atoms with Crippen LogP contribution in [0.4, 0.5) is 15.8 Å². The fraction of sp³-hybridized carbons (Fsp3) is 0.200. The molecule has 0 aliphatic carbocycles. The molecule has 36 heavy (non-hydrogen) atoms. The fourth-order valence-electron chi connectivity index (χ4n) is 3.27. The maximum Gasteiger partial charge on any atom is 0.264 e. The summed E-state index contributed by atoms with van der Waals surface area (Å²) in [6.45, 7) is -0.0359. The van der Waals surface area contributed by atoms with Gasteiger partial charge in [0.15, 0.2) is 0 Å². The maximum absolute atomic E-state index is 13.5. The Morgan fingerprint density at radius 1 is 0.944 bits per heavy atom. The van der Waals surface area contributed by atoms with Gasteiger partial charge < -0.3 is 20.1 Å². The Balaban J connectivity index is 1.88. The zero-order valence-electron chi connectivity index (χ0n) is 19.7. The number of para-hydroxylation sites is 1. The fourth-order valence-corrected chi connectivity index (χ4v) is 4.69. The van der Waals surface area contributed by atoms with Gasteiger partial charge in [-0.3, -0.25) is 13.9 Å². The van der Waals surface area contributed by atoms with E-state index in [4.69, 9.17) is 9.47 Å². The van der Waals surface area contributed by atoms with Gasteiger partial charge in [0.05, 0.1) is 35.6 Å². The number of halogens is 1. The minimum Gasteiger partial charge on any atom is -0.497 e. The van der Waals surface area contributed by atoms with Gasteiger partial charge in [0.25, 0.3) is 15.9 Å². The molecular weight excluding hydrogens is 489 g/mol. The normalized spacial score (nSPS) is 11.0. The number of nitrogens with one attached hydrogen (secondary N) is 2. The largest absolute Gasteiger partial charge is 0.497 e. The molecule has 0 bridgehead atoms. The number of methoxy groups -OCH3 is 2. The molecule has 190 valence electrons. The van der Waals surface area contributed by atoms with Gasteiger partial charge >= 0.3 is 0 Å². The lowest BCUT2D eigenvalue weighted by Crippen LogP contribution is -2.38. The van der Waals surface area contributed by atoms with Gasteiger partial charge in [-0.15, -0.1) is 0 Å². The second kappa shape index (κ2) is 12.1. The summed E-state index contributed by atoms with van der Waals surface area (Å²) in [5, 5.41) is 5.28. The monoisotopic (exact) mass is 515 g/mol. The van der Waals surface area contributed by atoms with Gasteiger partial charge in [0.2, 0.25) is 5.91 Å². The molecule has 3 aromatic rings. The number of rotatable bonds is 11. The molecule has 0 unspecified atom stereocenters. The lowest BCUT2D eigenvalue weighted by atomic mass is 10.1. The molecule has 2 amide bonds. The number of carbonyl (C=O) groups excluding carboxylic acids is 2. The van der Waals surface area contributed by atoms with E-state index in [0.29, 0.717) is 12.4 Å². The van der Waals surface area contributed by atoms with E-state index in [-0.39, 0.29) is 28.4 Å². The molecule has 0 saturated carbocycles. The molecule has 0 aliphatic rings. The topological polar surface area (TPSA) is 114 Å². The van der Waals surface area contributed by atoms with E-state index >= 15 is 0 Å². The summed E-state index contributed by atoms with van der Waals surface area (Å²) in [6.07, 6.45) is 0. The first-order valence-corrected chi connectivity index (χ1v) is 12.3. The van der Waals surface area contributed by atoms with Gasteiger partial charge in [-0.05, 0) is 60.7 Å². The van der Waals surface area contributed by atoms with E-state index in [9.17, 15) is 22.4 Å². The molecule has 9 nitrogen and oxygen atoms in total. The Morgan fingerprint density at radius 3 is 2.25 bits per heavy atom. The number of nitrogens with zero attached hydrogens (tertiary/aromatic N) is 1. The molecule has 3 rings (SSSR count). The number of benzene rings is 3. The number of hydrogen-bond acceptors (Lipinski definition) is 6. The summed E-state index contributed by atoms with van der Waals surface area (Å²) in [7, 11) is -1.26. The van der Waals surface area contributed by atoms with E-state index in [1.54, 1.807) is 12.1 Å². The molecule has 0 aliphatic heterocycles. The predicted octanol–water partition coefficient (Wildman–Crippen LogP) is 3.04. The third-order valence-corrected chi connectivity index (χ3v) is 6.87. The second-order valence-electron chi connectivity index (χ2n) is 7.51. The van der Waals surface area contributed by atoms with E-state index in [2.05, 4.69) is 10.6 Å². The van der Waals surface area contributed by atoms with Crippen LogP contribution < -0.4 is 19.7 Å². The third kappa shape index (κ3) is 6.58. The van der Waals surface area contributed by atoms with Crippen LogP contribution >= 0.6 is 0 Å².